The molecule has 0 amide bonds. The molecule has 220 valence electrons. The van der Waals surface area contributed by atoms with Crippen LogP contribution in [0.3, 0.4) is 0 Å². The Hall–Kier alpha value is -6.39. The third-order valence-corrected chi connectivity index (χ3v) is 8.73. The monoisotopic (exact) mass is 601 g/mol. The fraction of sp³-hybridized carbons (Fsp3) is 0. The predicted octanol–water partition coefficient (Wildman–Crippen LogP) is 11.3. The van der Waals surface area contributed by atoms with E-state index in [2.05, 4.69) is 91.0 Å². The van der Waals surface area contributed by atoms with Crippen LogP contribution in [0.15, 0.2) is 168 Å². The van der Waals surface area contributed by atoms with Gasteiger partial charge in [-0.05, 0) is 51.2 Å². The van der Waals surface area contributed by atoms with Crippen LogP contribution in [0.2, 0.25) is 0 Å². The van der Waals surface area contributed by atoms with Crippen molar-refractivity contribution in [1.82, 2.24) is 15.0 Å². The molecular formula is C43H27N3O. The molecule has 9 rings (SSSR count). The molecule has 7 aromatic carbocycles. The summed E-state index contributed by atoms with van der Waals surface area (Å²) in [5.41, 5.74) is 8.86. The van der Waals surface area contributed by atoms with Crippen LogP contribution < -0.4 is 0 Å². The summed E-state index contributed by atoms with van der Waals surface area (Å²) >= 11 is 0. The second-order valence-corrected chi connectivity index (χ2v) is 11.6. The number of nitrogens with zero attached hydrogens (tertiary/aromatic N) is 3. The molecule has 0 unspecified atom stereocenters. The maximum Gasteiger partial charge on any atom is 0.164 e. The van der Waals surface area contributed by atoms with E-state index in [0.29, 0.717) is 17.5 Å². The fourth-order valence-corrected chi connectivity index (χ4v) is 6.55. The van der Waals surface area contributed by atoms with Crippen LogP contribution in [0.1, 0.15) is 0 Å². The Labute approximate surface area is 271 Å². The Balaban J connectivity index is 1.34. The van der Waals surface area contributed by atoms with Crippen molar-refractivity contribution < 1.29 is 4.42 Å². The van der Waals surface area contributed by atoms with E-state index in [0.717, 1.165) is 55.3 Å². The highest BCUT2D eigenvalue weighted by atomic mass is 16.3. The number of rotatable bonds is 5. The van der Waals surface area contributed by atoms with Crippen molar-refractivity contribution in [3.8, 4) is 56.4 Å². The lowest BCUT2D eigenvalue weighted by atomic mass is 9.89. The van der Waals surface area contributed by atoms with Crippen LogP contribution in [0.5, 0.6) is 0 Å². The number of benzene rings is 7. The van der Waals surface area contributed by atoms with Gasteiger partial charge in [0.25, 0.3) is 0 Å². The van der Waals surface area contributed by atoms with E-state index in [1.54, 1.807) is 0 Å². The Morgan fingerprint density at radius 3 is 1.55 bits per heavy atom. The van der Waals surface area contributed by atoms with E-state index in [4.69, 9.17) is 19.4 Å². The van der Waals surface area contributed by atoms with Gasteiger partial charge in [-0.2, -0.15) is 0 Å². The van der Waals surface area contributed by atoms with Crippen molar-refractivity contribution in [2.24, 2.45) is 0 Å². The van der Waals surface area contributed by atoms with Gasteiger partial charge in [0, 0.05) is 27.5 Å². The van der Waals surface area contributed by atoms with E-state index >= 15 is 0 Å². The number of furan rings is 1. The second-order valence-electron chi connectivity index (χ2n) is 11.6. The highest BCUT2D eigenvalue weighted by Gasteiger charge is 2.20. The Morgan fingerprint density at radius 2 is 0.851 bits per heavy atom. The summed E-state index contributed by atoms with van der Waals surface area (Å²) < 4.78 is 6.55. The third-order valence-electron chi connectivity index (χ3n) is 8.73. The molecule has 0 atom stereocenters. The Morgan fingerprint density at radius 1 is 0.340 bits per heavy atom. The topological polar surface area (TPSA) is 51.8 Å². The second kappa shape index (κ2) is 11.2. The van der Waals surface area contributed by atoms with Crippen LogP contribution in [0.25, 0.3) is 89.1 Å². The molecule has 0 saturated carbocycles. The molecule has 4 heteroatoms. The number of fused-ring (bicyclic) bond motifs is 4. The maximum absolute atomic E-state index is 6.55. The average Bonchev–Trinajstić information content (AvgIpc) is 3.53. The lowest BCUT2D eigenvalue weighted by Crippen LogP contribution is -2.00. The van der Waals surface area contributed by atoms with Gasteiger partial charge in [0.1, 0.15) is 11.2 Å². The van der Waals surface area contributed by atoms with Crippen LogP contribution in [0.4, 0.5) is 0 Å². The minimum absolute atomic E-state index is 0.587. The molecule has 9 aromatic rings. The lowest BCUT2D eigenvalue weighted by molar-refractivity contribution is 0.669. The van der Waals surface area contributed by atoms with Crippen molar-refractivity contribution in [3.63, 3.8) is 0 Å². The molecule has 4 nitrogen and oxygen atoms in total. The van der Waals surface area contributed by atoms with Gasteiger partial charge in [0.05, 0.1) is 0 Å². The smallest absolute Gasteiger partial charge is 0.164 e. The van der Waals surface area contributed by atoms with Gasteiger partial charge < -0.3 is 4.42 Å². The van der Waals surface area contributed by atoms with E-state index in [9.17, 15) is 0 Å². The molecule has 0 fully saturated rings. The highest BCUT2D eigenvalue weighted by molar-refractivity contribution is 6.15. The van der Waals surface area contributed by atoms with Gasteiger partial charge in [-0.1, -0.05) is 146 Å². The molecule has 0 radical (unpaired) electrons. The van der Waals surface area contributed by atoms with Crippen LogP contribution in [-0.2, 0) is 0 Å². The molecule has 0 aliphatic rings. The zero-order valence-corrected chi connectivity index (χ0v) is 25.3. The fourth-order valence-electron chi connectivity index (χ4n) is 6.55. The first-order valence-corrected chi connectivity index (χ1v) is 15.7. The van der Waals surface area contributed by atoms with Crippen LogP contribution in [0, 0.1) is 0 Å². The molecule has 2 aromatic heterocycles. The van der Waals surface area contributed by atoms with Gasteiger partial charge in [-0.15, -0.1) is 0 Å². The van der Waals surface area contributed by atoms with Gasteiger partial charge in [0.2, 0.25) is 0 Å². The minimum atomic E-state index is 0.587. The van der Waals surface area contributed by atoms with E-state index in [1.807, 2.05) is 72.8 Å². The standard InChI is InChI=1S/C43H27N3O/c1-3-15-29(16-4-1)41-44-42(30-17-5-2-6-18-30)46-43(45-41)31-26-37(40-36-23-11-12-25-38(36)47-39(40)27-31)35-22-10-9-21-34(35)33-24-13-19-28-14-7-8-20-32(28)33/h1-27H. The largest absolute Gasteiger partial charge is 0.456 e. The molecule has 0 spiro atoms. The molecule has 0 saturated heterocycles. The average molecular weight is 602 g/mol. The van der Waals surface area contributed by atoms with Crippen molar-refractivity contribution >= 4 is 32.7 Å². The predicted molar refractivity (Wildman–Crippen MR) is 192 cm³/mol. The Bertz CT molecular complexity index is 2510. The van der Waals surface area contributed by atoms with Crippen molar-refractivity contribution in [3.05, 3.63) is 164 Å². The quantitative estimate of drug-likeness (QED) is 0.197. The summed E-state index contributed by atoms with van der Waals surface area (Å²) in [4.78, 5) is 15.0. The maximum atomic E-state index is 6.55. The van der Waals surface area contributed by atoms with E-state index in [1.165, 1.54) is 16.3 Å². The molecule has 47 heavy (non-hydrogen) atoms. The van der Waals surface area contributed by atoms with Crippen molar-refractivity contribution in [1.29, 1.82) is 0 Å². The van der Waals surface area contributed by atoms with Crippen LogP contribution in [-0.4, -0.2) is 15.0 Å². The summed E-state index contributed by atoms with van der Waals surface area (Å²) in [5.74, 6) is 1.83. The highest BCUT2D eigenvalue weighted by Crippen LogP contribution is 2.44. The summed E-state index contributed by atoms with van der Waals surface area (Å²) in [7, 11) is 0. The minimum Gasteiger partial charge on any atom is -0.456 e. The zero-order valence-electron chi connectivity index (χ0n) is 25.3. The van der Waals surface area contributed by atoms with Gasteiger partial charge >= 0.3 is 0 Å². The van der Waals surface area contributed by atoms with E-state index < -0.39 is 0 Å². The van der Waals surface area contributed by atoms with Gasteiger partial charge in [-0.25, -0.2) is 15.0 Å². The molecule has 0 bridgehead atoms. The SMILES string of the molecule is c1ccc(-c2nc(-c3ccccc3)nc(-c3cc(-c4ccccc4-c4cccc5ccccc45)c4c(c3)oc3ccccc34)n2)cc1. The zero-order chi connectivity index (χ0) is 31.2. The summed E-state index contributed by atoms with van der Waals surface area (Å²) in [6.07, 6.45) is 0. The van der Waals surface area contributed by atoms with Crippen LogP contribution >= 0.6 is 0 Å². The summed E-state index contributed by atoms with van der Waals surface area (Å²) in [6.45, 7) is 0. The number of aromatic nitrogens is 3. The first-order valence-electron chi connectivity index (χ1n) is 15.7. The van der Waals surface area contributed by atoms with E-state index in [-0.39, 0.29) is 0 Å². The van der Waals surface area contributed by atoms with Crippen molar-refractivity contribution in [2.45, 2.75) is 0 Å². The molecule has 2 heterocycles. The van der Waals surface area contributed by atoms with Gasteiger partial charge in [0.15, 0.2) is 17.5 Å². The summed E-state index contributed by atoms with van der Waals surface area (Å²) in [6, 6.07) is 56.3. The normalized spacial score (nSPS) is 11.4. The molecule has 0 aliphatic carbocycles. The first-order chi connectivity index (χ1) is 23.3. The number of hydrogen-bond acceptors (Lipinski definition) is 4. The first kappa shape index (κ1) is 27.0. The number of para-hydroxylation sites is 1. The summed E-state index contributed by atoms with van der Waals surface area (Å²) in [5, 5.41) is 4.56. The van der Waals surface area contributed by atoms with Crippen molar-refractivity contribution in [2.75, 3.05) is 0 Å². The molecular weight excluding hydrogens is 574 g/mol. The lowest BCUT2D eigenvalue weighted by Gasteiger charge is -2.15. The molecule has 0 N–H and O–H groups in total. The Kier molecular flexibility index (Phi) is 6.43. The number of hydrogen-bond donors (Lipinski definition) is 0. The van der Waals surface area contributed by atoms with Gasteiger partial charge in [-0.3, -0.25) is 0 Å². The third kappa shape index (κ3) is 4.75. The molecule has 0 aliphatic heterocycles.